The maximum atomic E-state index is 4.21. The van der Waals surface area contributed by atoms with Crippen molar-refractivity contribution >= 4 is 5.69 Å². The number of aromatic nitrogens is 2. The SMILES string of the molecule is CC(C)CNc1cccc(-n2cccn2)c1. The molecule has 2 rings (SSSR count). The molecule has 0 bridgehead atoms. The van der Waals surface area contributed by atoms with Gasteiger partial charge in [0.25, 0.3) is 0 Å². The number of hydrogen-bond acceptors (Lipinski definition) is 2. The molecule has 0 fully saturated rings. The van der Waals surface area contributed by atoms with E-state index in [9.17, 15) is 0 Å². The van der Waals surface area contributed by atoms with Crippen LogP contribution in [0, 0.1) is 5.92 Å². The lowest BCUT2D eigenvalue weighted by Gasteiger charge is -2.10. The van der Waals surface area contributed by atoms with Gasteiger partial charge in [0.15, 0.2) is 0 Å². The largest absolute Gasteiger partial charge is 0.385 e. The van der Waals surface area contributed by atoms with E-state index in [1.165, 1.54) is 0 Å². The maximum Gasteiger partial charge on any atom is 0.0666 e. The summed E-state index contributed by atoms with van der Waals surface area (Å²) in [6.07, 6.45) is 3.73. The van der Waals surface area contributed by atoms with Crippen molar-refractivity contribution in [2.75, 3.05) is 11.9 Å². The topological polar surface area (TPSA) is 29.9 Å². The van der Waals surface area contributed by atoms with E-state index in [1.807, 2.05) is 29.1 Å². The zero-order chi connectivity index (χ0) is 11.4. The summed E-state index contributed by atoms with van der Waals surface area (Å²) in [5, 5.41) is 7.62. The highest BCUT2D eigenvalue weighted by atomic mass is 15.3. The summed E-state index contributed by atoms with van der Waals surface area (Å²) in [4.78, 5) is 0. The Hall–Kier alpha value is -1.77. The van der Waals surface area contributed by atoms with Gasteiger partial charge in [0, 0.05) is 24.6 Å². The average Bonchev–Trinajstić information content (AvgIpc) is 2.80. The van der Waals surface area contributed by atoms with Gasteiger partial charge in [-0.3, -0.25) is 0 Å². The van der Waals surface area contributed by atoms with Gasteiger partial charge in [0.2, 0.25) is 0 Å². The van der Waals surface area contributed by atoms with Crippen LogP contribution in [0.3, 0.4) is 0 Å². The van der Waals surface area contributed by atoms with Crippen LogP contribution in [0.15, 0.2) is 42.7 Å². The monoisotopic (exact) mass is 215 g/mol. The lowest BCUT2D eigenvalue weighted by atomic mass is 10.2. The molecule has 0 aliphatic rings. The van der Waals surface area contributed by atoms with Crippen LogP contribution in [0.4, 0.5) is 5.69 Å². The highest BCUT2D eigenvalue weighted by Gasteiger charge is 1.98. The summed E-state index contributed by atoms with van der Waals surface area (Å²) >= 11 is 0. The van der Waals surface area contributed by atoms with Gasteiger partial charge in [0.1, 0.15) is 0 Å². The van der Waals surface area contributed by atoms with Crippen LogP contribution < -0.4 is 5.32 Å². The molecule has 2 aromatic rings. The molecule has 3 heteroatoms. The first-order chi connectivity index (χ1) is 7.75. The first-order valence-corrected chi connectivity index (χ1v) is 5.59. The third-order valence-corrected chi connectivity index (χ3v) is 2.33. The minimum Gasteiger partial charge on any atom is -0.385 e. The second-order valence-corrected chi connectivity index (χ2v) is 4.28. The van der Waals surface area contributed by atoms with Crippen molar-refractivity contribution in [3.05, 3.63) is 42.7 Å². The van der Waals surface area contributed by atoms with Gasteiger partial charge < -0.3 is 5.32 Å². The van der Waals surface area contributed by atoms with Crippen LogP contribution in [0.2, 0.25) is 0 Å². The van der Waals surface area contributed by atoms with Crippen LogP contribution >= 0.6 is 0 Å². The molecule has 1 aromatic carbocycles. The Morgan fingerprint density at radius 2 is 2.19 bits per heavy atom. The maximum absolute atomic E-state index is 4.21. The highest BCUT2D eigenvalue weighted by Crippen LogP contribution is 2.14. The average molecular weight is 215 g/mol. The summed E-state index contributed by atoms with van der Waals surface area (Å²) in [6, 6.07) is 10.2. The van der Waals surface area contributed by atoms with E-state index in [1.54, 1.807) is 6.20 Å². The lowest BCUT2D eigenvalue weighted by molar-refractivity contribution is 0.689. The molecule has 0 aliphatic carbocycles. The van der Waals surface area contributed by atoms with E-state index in [2.05, 4.69) is 36.4 Å². The van der Waals surface area contributed by atoms with Crippen molar-refractivity contribution in [3.63, 3.8) is 0 Å². The van der Waals surface area contributed by atoms with Crippen LogP contribution in [0.1, 0.15) is 13.8 Å². The van der Waals surface area contributed by atoms with Crippen molar-refractivity contribution in [3.8, 4) is 5.69 Å². The molecule has 0 saturated carbocycles. The second-order valence-electron chi connectivity index (χ2n) is 4.28. The van der Waals surface area contributed by atoms with Crippen molar-refractivity contribution in [1.82, 2.24) is 9.78 Å². The molecule has 1 heterocycles. The van der Waals surface area contributed by atoms with Gasteiger partial charge in [-0.05, 0) is 30.2 Å². The van der Waals surface area contributed by atoms with Gasteiger partial charge in [0.05, 0.1) is 5.69 Å². The van der Waals surface area contributed by atoms with E-state index in [-0.39, 0.29) is 0 Å². The molecule has 0 unspecified atom stereocenters. The Morgan fingerprint density at radius 1 is 1.31 bits per heavy atom. The Kier molecular flexibility index (Phi) is 3.25. The Morgan fingerprint density at radius 3 is 2.88 bits per heavy atom. The lowest BCUT2D eigenvalue weighted by Crippen LogP contribution is -2.08. The molecule has 16 heavy (non-hydrogen) atoms. The first-order valence-electron chi connectivity index (χ1n) is 5.59. The number of nitrogens with one attached hydrogen (secondary N) is 1. The Labute approximate surface area is 96.1 Å². The second kappa shape index (κ2) is 4.84. The van der Waals surface area contributed by atoms with Gasteiger partial charge in [-0.15, -0.1) is 0 Å². The predicted octanol–water partition coefficient (Wildman–Crippen LogP) is 2.94. The fourth-order valence-corrected chi connectivity index (χ4v) is 1.50. The van der Waals surface area contributed by atoms with E-state index < -0.39 is 0 Å². The molecule has 0 amide bonds. The summed E-state index contributed by atoms with van der Waals surface area (Å²) < 4.78 is 1.86. The third kappa shape index (κ3) is 2.63. The van der Waals surface area contributed by atoms with Gasteiger partial charge >= 0.3 is 0 Å². The summed E-state index contributed by atoms with van der Waals surface area (Å²) in [7, 11) is 0. The predicted molar refractivity (Wildman–Crippen MR) is 66.9 cm³/mol. The summed E-state index contributed by atoms with van der Waals surface area (Å²) in [6.45, 7) is 5.39. The minimum atomic E-state index is 0.647. The molecule has 84 valence electrons. The summed E-state index contributed by atoms with van der Waals surface area (Å²) in [5.74, 6) is 0.647. The number of anilines is 1. The normalized spacial score (nSPS) is 10.7. The van der Waals surface area contributed by atoms with Gasteiger partial charge in [-0.25, -0.2) is 4.68 Å². The van der Waals surface area contributed by atoms with Crippen molar-refractivity contribution < 1.29 is 0 Å². The van der Waals surface area contributed by atoms with E-state index >= 15 is 0 Å². The molecule has 0 radical (unpaired) electrons. The number of benzene rings is 1. The molecular weight excluding hydrogens is 198 g/mol. The molecule has 1 N–H and O–H groups in total. The molecule has 0 atom stereocenters. The molecule has 0 spiro atoms. The Bertz CT molecular complexity index is 432. The van der Waals surface area contributed by atoms with E-state index in [4.69, 9.17) is 0 Å². The first kappa shape index (κ1) is 10.7. The zero-order valence-corrected chi connectivity index (χ0v) is 9.72. The third-order valence-electron chi connectivity index (χ3n) is 2.33. The molecular formula is C13H17N3. The fourth-order valence-electron chi connectivity index (χ4n) is 1.50. The molecule has 1 aromatic heterocycles. The molecule has 0 aliphatic heterocycles. The highest BCUT2D eigenvalue weighted by molar-refractivity contribution is 5.50. The van der Waals surface area contributed by atoms with Gasteiger partial charge in [-0.2, -0.15) is 5.10 Å². The molecule has 3 nitrogen and oxygen atoms in total. The molecule has 0 saturated heterocycles. The Balaban J connectivity index is 2.14. The van der Waals surface area contributed by atoms with Crippen LogP contribution in [0.25, 0.3) is 5.69 Å². The minimum absolute atomic E-state index is 0.647. The van der Waals surface area contributed by atoms with Crippen molar-refractivity contribution in [2.24, 2.45) is 5.92 Å². The van der Waals surface area contributed by atoms with Crippen LogP contribution in [-0.4, -0.2) is 16.3 Å². The number of hydrogen-bond donors (Lipinski definition) is 1. The smallest absolute Gasteiger partial charge is 0.0666 e. The fraction of sp³-hybridized carbons (Fsp3) is 0.308. The van der Waals surface area contributed by atoms with E-state index in [0.717, 1.165) is 17.9 Å². The van der Waals surface area contributed by atoms with Crippen molar-refractivity contribution in [2.45, 2.75) is 13.8 Å². The van der Waals surface area contributed by atoms with Crippen LogP contribution in [0.5, 0.6) is 0 Å². The quantitative estimate of drug-likeness (QED) is 0.849. The van der Waals surface area contributed by atoms with Crippen molar-refractivity contribution in [1.29, 1.82) is 0 Å². The number of nitrogens with zero attached hydrogens (tertiary/aromatic N) is 2. The van der Waals surface area contributed by atoms with E-state index in [0.29, 0.717) is 5.92 Å². The standard InChI is InChI=1S/C13H17N3/c1-11(2)10-14-12-5-3-6-13(9-12)16-8-4-7-15-16/h3-9,11,14H,10H2,1-2H3. The van der Waals surface area contributed by atoms with Gasteiger partial charge in [-0.1, -0.05) is 19.9 Å². The van der Waals surface area contributed by atoms with Crippen LogP contribution in [-0.2, 0) is 0 Å². The summed E-state index contributed by atoms with van der Waals surface area (Å²) in [5.41, 5.74) is 2.22. The zero-order valence-electron chi connectivity index (χ0n) is 9.72. The number of rotatable bonds is 4.